The van der Waals surface area contributed by atoms with E-state index < -0.39 is 17.1 Å². The van der Waals surface area contributed by atoms with Gasteiger partial charge in [-0.3, -0.25) is 9.59 Å². The van der Waals surface area contributed by atoms with Gasteiger partial charge in [-0.2, -0.15) is 5.10 Å². The fourth-order valence-electron chi connectivity index (χ4n) is 7.32. The Hall–Kier alpha value is -3.04. The Kier molecular flexibility index (Phi) is 10.5. The van der Waals surface area contributed by atoms with Crippen molar-refractivity contribution in [2.75, 3.05) is 19.7 Å². The normalized spacial score (nSPS) is 24.8. The summed E-state index contributed by atoms with van der Waals surface area (Å²) in [6.45, 7) is 14.4. The zero-order valence-corrected chi connectivity index (χ0v) is 27.2. The van der Waals surface area contributed by atoms with Crippen LogP contribution in [0.5, 0.6) is 5.88 Å². The van der Waals surface area contributed by atoms with Crippen molar-refractivity contribution in [1.82, 2.24) is 25.7 Å². The summed E-state index contributed by atoms with van der Waals surface area (Å²) in [5.74, 6) is 3.20. The van der Waals surface area contributed by atoms with Crippen molar-refractivity contribution in [3.05, 3.63) is 17.8 Å². The van der Waals surface area contributed by atoms with Crippen LogP contribution in [0.4, 0.5) is 4.79 Å². The van der Waals surface area contributed by atoms with Gasteiger partial charge in [0.25, 0.3) is 5.91 Å². The van der Waals surface area contributed by atoms with Crippen molar-refractivity contribution in [2.24, 2.45) is 35.0 Å². The Morgan fingerprint density at radius 3 is 2.16 bits per heavy atom. The highest BCUT2D eigenvalue weighted by Crippen LogP contribution is 2.53. The van der Waals surface area contributed by atoms with Crippen LogP contribution in [0.25, 0.3) is 6.20 Å². The standard InChI is InChI=1S/C33H53N5O5/c1-8-33(9-2,30(40)34-11-12-35-31(41)43-32(5,6)7)10-13-38-29(42-20-21(3)4)26(19-36-38)28(39)37-27-24-15-22-14-23(17-24)18-25(27)16-22/h10,13,19,21-25,27H,8-9,11-12,14-18,20H2,1-7H3,(H,34,40)(H,35,41)(H,37,39)/b13-10+. The number of rotatable bonds is 13. The Morgan fingerprint density at radius 1 is 1.00 bits per heavy atom. The predicted molar refractivity (Wildman–Crippen MR) is 166 cm³/mol. The highest BCUT2D eigenvalue weighted by Gasteiger charge is 2.48. The van der Waals surface area contributed by atoms with Crippen molar-refractivity contribution in [1.29, 1.82) is 0 Å². The molecule has 240 valence electrons. The molecule has 4 aliphatic rings. The van der Waals surface area contributed by atoms with Crippen LogP contribution >= 0.6 is 0 Å². The van der Waals surface area contributed by atoms with Crippen LogP contribution in [0.2, 0.25) is 0 Å². The van der Waals surface area contributed by atoms with Gasteiger partial charge >= 0.3 is 6.09 Å². The van der Waals surface area contributed by atoms with E-state index in [4.69, 9.17) is 9.47 Å². The molecule has 10 heteroatoms. The van der Waals surface area contributed by atoms with E-state index >= 15 is 0 Å². The molecular formula is C33H53N5O5. The zero-order chi connectivity index (χ0) is 31.4. The van der Waals surface area contributed by atoms with Crippen LogP contribution in [-0.2, 0) is 9.53 Å². The maximum Gasteiger partial charge on any atom is 0.407 e. The van der Waals surface area contributed by atoms with Gasteiger partial charge in [-0.15, -0.1) is 0 Å². The smallest absolute Gasteiger partial charge is 0.407 e. The van der Waals surface area contributed by atoms with E-state index in [0.717, 1.165) is 11.8 Å². The molecule has 43 heavy (non-hydrogen) atoms. The van der Waals surface area contributed by atoms with Crippen LogP contribution in [0, 0.1) is 35.0 Å². The summed E-state index contributed by atoms with van der Waals surface area (Å²) in [4.78, 5) is 38.9. The lowest BCUT2D eigenvalue weighted by Crippen LogP contribution is -2.55. The molecule has 0 aromatic carbocycles. The molecule has 5 rings (SSSR count). The molecule has 4 fully saturated rings. The summed E-state index contributed by atoms with van der Waals surface area (Å²) in [7, 11) is 0. The van der Waals surface area contributed by atoms with Crippen LogP contribution in [0.3, 0.4) is 0 Å². The van der Waals surface area contributed by atoms with Crippen molar-refractivity contribution < 1.29 is 23.9 Å². The van der Waals surface area contributed by atoms with Gasteiger partial charge in [-0.25, -0.2) is 9.48 Å². The second-order valence-corrected chi connectivity index (χ2v) is 14.3. The SMILES string of the molecule is CCC(/C=C/n1ncc(C(=O)NC2C3CC4CC(C3)CC2C4)c1OCC(C)C)(CC)C(=O)NCCNC(=O)OC(C)(C)C. The zero-order valence-electron chi connectivity index (χ0n) is 27.2. The molecule has 10 nitrogen and oxygen atoms in total. The van der Waals surface area contributed by atoms with E-state index in [2.05, 4.69) is 34.9 Å². The molecular weight excluding hydrogens is 546 g/mol. The minimum Gasteiger partial charge on any atom is -0.477 e. The molecule has 0 aliphatic heterocycles. The van der Waals surface area contributed by atoms with Crippen LogP contribution < -0.4 is 20.7 Å². The van der Waals surface area contributed by atoms with E-state index in [0.29, 0.717) is 42.7 Å². The number of nitrogens with zero attached hydrogens (tertiary/aromatic N) is 2. The average Bonchev–Trinajstić information content (AvgIpc) is 3.34. The number of nitrogens with one attached hydrogen (secondary N) is 3. The third-order valence-electron chi connectivity index (χ3n) is 9.40. The largest absolute Gasteiger partial charge is 0.477 e. The summed E-state index contributed by atoms with van der Waals surface area (Å²) >= 11 is 0. The number of ether oxygens (including phenoxy) is 2. The lowest BCUT2D eigenvalue weighted by molar-refractivity contribution is -0.128. The van der Waals surface area contributed by atoms with E-state index in [1.54, 1.807) is 37.8 Å². The fraction of sp³-hybridized carbons (Fsp3) is 0.758. The molecule has 4 aliphatic carbocycles. The van der Waals surface area contributed by atoms with Crippen molar-refractivity contribution in [3.63, 3.8) is 0 Å². The summed E-state index contributed by atoms with van der Waals surface area (Å²) in [5.41, 5.74) is -0.955. The summed E-state index contributed by atoms with van der Waals surface area (Å²) in [6.07, 6.45) is 12.1. The van der Waals surface area contributed by atoms with Crippen LogP contribution in [-0.4, -0.2) is 59.0 Å². The van der Waals surface area contributed by atoms with Gasteiger partial charge in [-0.1, -0.05) is 33.8 Å². The van der Waals surface area contributed by atoms with E-state index in [-0.39, 0.29) is 36.9 Å². The number of aromatic nitrogens is 2. The first-order valence-corrected chi connectivity index (χ1v) is 16.3. The number of hydrogen-bond acceptors (Lipinski definition) is 6. The molecule has 0 spiro atoms. The van der Waals surface area contributed by atoms with Gasteiger partial charge in [0, 0.05) is 25.3 Å². The molecule has 4 saturated carbocycles. The second-order valence-electron chi connectivity index (χ2n) is 14.3. The molecule has 4 bridgehead atoms. The van der Waals surface area contributed by atoms with E-state index in [1.807, 2.05) is 19.9 Å². The van der Waals surface area contributed by atoms with Gasteiger partial charge in [0.15, 0.2) is 0 Å². The van der Waals surface area contributed by atoms with Gasteiger partial charge in [0.05, 0.1) is 18.2 Å². The van der Waals surface area contributed by atoms with Crippen LogP contribution in [0.1, 0.15) is 104 Å². The third-order valence-corrected chi connectivity index (χ3v) is 9.40. The quantitative estimate of drug-likeness (QED) is 0.261. The molecule has 3 N–H and O–H groups in total. The average molecular weight is 600 g/mol. The van der Waals surface area contributed by atoms with Gasteiger partial charge in [0.2, 0.25) is 11.8 Å². The second kappa shape index (κ2) is 13.7. The first-order chi connectivity index (χ1) is 20.3. The third kappa shape index (κ3) is 8.12. The van der Waals surface area contributed by atoms with Crippen molar-refractivity contribution in [3.8, 4) is 5.88 Å². The minimum absolute atomic E-state index is 0.136. The first kappa shape index (κ1) is 32.9. The maximum atomic E-state index is 13.6. The van der Waals surface area contributed by atoms with Gasteiger partial charge < -0.3 is 25.4 Å². The highest BCUT2D eigenvalue weighted by atomic mass is 16.6. The molecule has 1 aromatic heterocycles. The minimum atomic E-state index is -0.796. The first-order valence-electron chi connectivity index (χ1n) is 16.3. The molecule has 0 unspecified atom stereocenters. The monoisotopic (exact) mass is 599 g/mol. The fourth-order valence-corrected chi connectivity index (χ4v) is 7.32. The Bertz CT molecular complexity index is 1130. The Labute approximate surface area is 257 Å². The Balaban J connectivity index is 1.44. The van der Waals surface area contributed by atoms with E-state index in [9.17, 15) is 14.4 Å². The molecule has 1 heterocycles. The molecule has 0 saturated heterocycles. The number of alkyl carbamates (subject to hydrolysis) is 1. The number of amides is 3. The van der Waals surface area contributed by atoms with Crippen molar-refractivity contribution in [2.45, 2.75) is 105 Å². The summed E-state index contributed by atoms with van der Waals surface area (Å²) in [6, 6.07) is 0.221. The van der Waals surface area contributed by atoms with Crippen molar-refractivity contribution >= 4 is 24.1 Å². The summed E-state index contributed by atoms with van der Waals surface area (Å²) < 4.78 is 13.0. The highest BCUT2D eigenvalue weighted by molar-refractivity contribution is 5.96. The molecule has 1 aromatic rings. The van der Waals surface area contributed by atoms with Gasteiger partial charge in [0.1, 0.15) is 11.2 Å². The predicted octanol–water partition coefficient (Wildman–Crippen LogP) is 5.39. The van der Waals surface area contributed by atoms with Crippen LogP contribution in [0.15, 0.2) is 12.3 Å². The molecule has 3 amide bonds. The van der Waals surface area contributed by atoms with Gasteiger partial charge in [-0.05, 0) is 95.3 Å². The topological polar surface area (TPSA) is 124 Å². The lowest BCUT2D eigenvalue weighted by Gasteiger charge is -2.54. The maximum absolute atomic E-state index is 13.6. The Morgan fingerprint density at radius 2 is 1.60 bits per heavy atom. The number of carbonyl (C=O) groups is 3. The number of carbonyl (C=O) groups excluding carboxylic acids is 3. The summed E-state index contributed by atoms with van der Waals surface area (Å²) in [5, 5.41) is 13.5. The number of hydrogen-bond donors (Lipinski definition) is 3. The molecule has 0 atom stereocenters. The van der Waals surface area contributed by atoms with E-state index in [1.165, 1.54) is 32.1 Å². The molecule has 0 radical (unpaired) electrons. The lowest BCUT2D eigenvalue weighted by atomic mass is 9.54.